The first-order valence-electron chi connectivity index (χ1n) is 4.79. The molecule has 1 rings (SSSR count). The normalized spacial score (nSPS) is 10.8. The third-order valence-electron chi connectivity index (χ3n) is 2.09. The highest BCUT2D eigenvalue weighted by Gasteiger charge is 2.19. The van der Waals surface area contributed by atoms with Crippen molar-refractivity contribution in [2.45, 2.75) is 0 Å². The summed E-state index contributed by atoms with van der Waals surface area (Å²) < 4.78 is 0. The van der Waals surface area contributed by atoms with Crippen LogP contribution in [0.2, 0.25) is 0 Å². The van der Waals surface area contributed by atoms with Crippen LogP contribution < -0.4 is 0 Å². The Labute approximate surface area is 98.0 Å². The molecule has 88 valence electrons. The summed E-state index contributed by atoms with van der Waals surface area (Å²) in [6, 6.07) is 8.71. The molecule has 0 radical (unpaired) electrons. The molecular weight excluding hydrogens is 222 g/mol. The Morgan fingerprint density at radius 3 is 2.29 bits per heavy atom. The van der Waals surface area contributed by atoms with E-state index in [1.54, 1.807) is 30.3 Å². The van der Waals surface area contributed by atoms with Gasteiger partial charge in [0.15, 0.2) is 6.29 Å². The molecule has 5 nitrogen and oxygen atoms in total. The first kappa shape index (κ1) is 12.6. The predicted octanol–water partition coefficient (Wildman–Crippen LogP) is 1.41. The van der Waals surface area contributed by atoms with Crippen molar-refractivity contribution < 1.29 is 19.5 Å². The molecule has 0 saturated heterocycles. The van der Waals surface area contributed by atoms with Crippen molar-refractivity contribution in [1.82, 2.24) is 4.90 Å². The fourth-order valence-electron chi connectivity index (χ4n) is 1.16. The predicted molar refractivity (Wildman–Crippen MR) is 61.3 cm³/mol. The SMILES string of the molecule is CN(C(=O)O)C(=O)C(C=O)=Cc1ccccc1. The van der Waals surface area contributed by atoms with E-state index in [0.717, 1.165) is 7.05 Å². The highest BCUT2D eigenvalue weighted by Crippen LogP contribution is 2.07. The van der Waals surface area contributed by atoms with Gasteiger partial charge in [-0.3, -0.25) is 9.59 Å². The van der Waals surface area contributed by atoms with Gasteiger partial charge >= 0.3 is 6.09 Å². The average molecular weight is 233 g/mol. The Hall–Kier alpha value is -2.43. The van der Waals surface area contributed by atoms with E-state index in [2.05, 4.69) is 0 Å². The van der Waals surface area contributed by atoms with E-state index in [0.29, 0.717) is 16.7 Å². The number of carboxylic acid groups (broad SMARTS) is 1. The number of imide groups is 1. The second kappa shape index (κ2) is 5.60. The molecular formula is C12H11NO4. The molecule has 1 N–H and O–H groups in total. The molecule has 1 aromatic rings. The van der Waals surface area contributed by atoms with E-state index >= 15 is 0 Å². The van der Waals surface area contributed by atoms with Crippen LogP contribution in [0.25, 0.3) is 6.08 Å². The highest BCUT2D eigenvalue weighted by atomic mass is 16.4. The van der Waals surface area contributed by atoms with E-state index in [1.807, 2.05) is 0 Å². The molecule has 0 unspecified atom stereocenters. The smallest absolute Gasteiger partial charge is 0.414 e. The van der Waals surface area contributed by atoms with Crippen LogP contribution in [0.3, 0.4) is 0 Å². The van der Waals surface area contributed by atoms with E-state index in [-0.39, 0.29) is 5.57 Å². The van der Waals surface area contributed by atoms with Gasteiger partial charge in [-0.2, -0.15) is 0 Å². The van der Waals surface area contributed by atoms with Gasteiger partial charge in [0.2, 0.25) is 0 Å². The summed E-state index contributed by atoms with van der Waals surface area (Å²) in [7, 11) is 1.09. The lowest BCUT2D eigenvalue weighted by molar-refractivity contribution is -0.125. The average Bonchev–Trinajstić information content (AvgIpc) is 2.35. The van der Waals surface area contributed by atoms with Crippen molar-refractivity contribution in [3.63, 3.8) is 0 Å². The van der Waals surface area contributed by atoms with Gasteiger partial charge in [-0.1, -0.05) is 30.3 Å². The molecule has 17 heavy (non-hydrogen) atoms. The molecule has 0 bridgehead atoms. The van der Waals surface area contributed by atoms with Crippen LogP contribution in [0.5, 0.6) is 0 Å². The first-order valence-corrected chi connectivity index (χ1v) is 4.79. The van der Waals surface area contributed by atoms with Crippen LogP contribution in [0.15, 0.2) is 35.9 Å². The van der Waals surface area contributed by atoms with Gasteiger partial charge in [0.05, 0.1) is 5.57 Å². The number of amides is 2. The molecule has 0 saturated carbocycles. The zero-order valence-corrected chi connectivity index (χ0v) is 9.16. The van der Waals surface area contributed by atoms with Crippen molar-refractivity contribution in [3.8, 4) is 0 Å². The van der Waals surface area contributed by atoms with Crippen molar-refractivity contribution in [2.75, 3.05) is 7.05 Å². The fourth-order valence-corrected chi connectivity index (χ4v) is 1.16. The summed E-state index contributed by atoms with van der Waals surface area (Å²) in [4.78, 5) is 33.4. The zero-order valence-electron chi connectivity index (χ0n) is 9.16. The van der Waals surface area contributed by atoms with Crippen LogP contribution in [-0.2, 0) is 9.59 Å². The molecule has 0 aliphatic heterocycles. The van der Waals surface area contributed by atoms with Gasteiger partial charge < -0.3 is 5.11 Å². The van der Waals surface area contributed by atoms with E-state index in [1.165, 1.54) is 6.08 Å². The molecule has 0 fully saturated rings. The van der Waals surface area contributed by atoms with Gasteiger partial charge in [-0.15, -0.1) is 0 Å². The Balaban J connectivity index is 3.00. The van der Waals surface area contributed by atoms with Gasteiger partial charge in [0.25, 0.3) is 5.91 Å². The number of aldehydes is 1. The molecule has 0 spiro atoms. The molecule has 0 heterocycles. The minimum absolute atomic E-state index is 0.207. The highest BCUT2D eigenvalue weighted by molar-refractivity contribution is 6.17. The summed E-state index contributed by atoms with van der Waals surface area (Å²) in [5, 5.41) is 8.62. The Morgan fingerprint density at radius 2 is 1.82 bits per heavy atom. The molecule has 0 aliphatic carbocycles. The Bertz CT molecular complexity index is 465. The maximum Gasteiger partial charge on any atom is 0.414 e. The third-order valence-corrected chi connectivity index (χ3v) is 2.09. The molecule has 0 aromatic heterocycles. The molecule has 5 heteroatoms. The quantitative estimate of drug-likeness (QED) is 0.370. The number of hydrogen-bond acceptors (Lipinski definition) is 3. The van der Waals surface area contributed by atoms with Crippen LogP contribution in [0.1, 0.15) is 5.56 Å². The monoisotopic (exact) mass is 233 g/mol. The molecule has 0 atom stereocenters. The third kappa shape index (κ3) is 3.27. The van der Waals surface area contributed by atoms with Crippen LogP contribution in [0, 0.1) is 0 Å². The zero-order chi connectivity index (χ0) is 12.8. The lowest BCUT2D eigenvalue weighted by atomic mass is 10.1. The number of nitrogens with zero attached hydrogens (tertiary/aromatic N) is 1. The Morgan fingerprint density at radius 1 is 1.24 bits per heavy atom. The summed E-state index contributed by atoms with van der Waals surface area (Å²) in [6.45, 7) is 0. The largest absolute Gasteiger partial charge is 0.465 e. The molecule has 1 aromatic carbocycles. The summed E-state index contributed by atoms with van der Waals surface area (Å²) in [5.41, 5.74) is 0.447. The first-order chi connectivity index (χ1) is 8.06. The lowest BCUT2D eigenvalue weighted by Gasteiger charge is -2.10. The van der Waals surface area contributed by atoms with Gasteiger partial charge in [0, 0.05) is 7.05 Å². The molecule has 0 aliphatic rings. The van der Waals surface area contributed by atoms with Gasteiger partial charge in [-0.25, -0.2) is 9.69 Å². The topological polar surface area (TPSA) is 74.7 Å². The second-order valence-corrected chi connectivity index (χ2v) is 3.27. The van der Waals surface area contributed by atoms with Crippen molar-refractivity contribution in [3.05, 3.63) is 41.5 Å². The van der Waals surface area contributed by atoms with E-state index < -0.39 is 12.0 Å². The number of rotatable bonds is 3. The van der Waals surface area contributed by atoms with Crippen molar-refractivity contribution >= 4 is 24.4 Å². The van der Waals surface area contributed by atoms with Crippen LogP contribution in [-0.4, -0.2) is 35.3 Å². The maximum absolute atomic E-state index is 11.6. The van der Waals surface area contributed by atoms with Crippen LogP contribution in [0.4, 0.5) is 4.79 Å². The lowest BCUT2D eigenvalue weighted by Crippen LogP contribution is -2.33. The van der Waals surface area contributed by atoms with E-state index in [4.69, 9.17) is 5.11 Å². The second-order valence-electron chi connectivity index (χ2n) is 3.27. The number of likely N-dealkylation sites (N-methyl/N-ethyl adjacent to an activating group) is 1. The summed E-state index contributed by atoms with van der Waals surface area (Å²) in [5.74, 6) is -0.851. The summed E-state index contributed by atoms with van der Waals surface area (Å²) in [6.07, 6.45) is 0.277. The Kier molecular flexibility index (Phi) is 4.16. The fraction of sp³-hybridized carbons (Fsp3) is 0.0833. The maximum atomic E-state index is 11.6. The number of carbonyl (C=O) groups excluding carboxylic acids is 2. The number of benzene rings is 1. The van der Waals surface area contributed by atoms with Crippen molar-refractivity contribution in [1.29, 1.82) is 0 Å². The number of hydrogen-bond donors (Lipinski definition) is 1. The number of carbonyl (C=O) groups is 3. The van der Waals surface area contributed by atoms with Gasteiger partial charge in [-0.05, 0) is 11.6 Å². The molecule has 2 amide bonds. The van der Waals surface area contributed by atoms with E-state index in [9.17, 15) is 14.4 Å². The minimum Gasteiger partial charge on any atom is -0.465 e. The summed E-state index contributed by atoms with van der Waals surface area (Å²) >= 11 is 0. The minimum atomic E-state index is -1.41. The van der Waals surface area contributed by atoms with Crippen molar-refractivity contribution in [2.24, 2.45) is 0 Å². The van der Waals surface area contributed by atoms with Crippen LogP contribution >= 0.6 is 0 Å². The standard InChI is InChI=1S/C12H11NO4/c1-13(12(16)17)11(15)10(8-14)7-9-5-3-2-4-6-9/h2-8H,1H3,(H,16,17). The van der Waals surface area contributed by atoms with Gasteiger partial charge in [0.1, 0.15) is 0 Å².